The van der Waals surface area contributed by atoms with E-state index < -0.39 is 0 Å². The summed E-state index contributed by atoms with van der Waals surface area (Å²) in [5.74, 6) is 0.639. The Hall–Kier alpha value is -2.11. The van der Waals surface area contributed by atoms with Gasteiger partial charge in [0.2, 0.25) is 5.88 Å². The number of ether oxygens (including phenoxy) is 2. The van der Waals surface area contributed by atoms with Crippen LogP contribution in [-0.2, 0) is 4.74 Å². The number of benzene rings is 1. The fourth-order valence-corrected chi connectivity index (χ4v) is 4.04. The fourth-order valence-electron chi connectivity index (χ4n) is 2.90. The minimum atomic E-state index is 0.639. The van der Waals surface area contributed by atoms with E-state index >= 15 is 0 Å². The van der Waals surface area contributed by atoms with E-state index in [-0.39, 0.29) is 0 Å². The summed E-state index contributed by atoms with van der Waals surface area (Å²) in [7, 11) is 1.64. The zero-order valence-corrected chi connectivity index (χ0v) is 13.8. The number of methoxy groups -OCH3 is 1. The molecule has 1 aromatic carbocycles. The second-order valence-electron chi connectivity index (χ2n) is 5.49. The van der Waals surface area contributed by atoms with Gasteiger partial charge in [-0.1, -0.05) is 12.1 Å². The van der Waals surface area contributed by atoms with Crippen molar-refractivity contribution >= 4 is 26.4 Å². The van der Waals surface area contributed by atoms with Crippen LogP contribution in [0.5, 0.6) is 5.88 Å². The number of rotatable bonds is 3. The van der Waals surface area contributed by atoms with E-state index in [0.29, 0.717) is 5.88 Å². The number of thiophene rings is 1. The Morgan fingerprint density at radius 2 is 2.04 bits per heavy atom. The lowest BCUT2D eigenvalue weighted by Crippen LogP contribution is -2.35. The summed E-state index contributed by atoms with van der Waals surface area (Å²) in [6, 6.07) is 12.7. The number of aromatic nitrogens is 1. The van der Waals surface area contributed by atoms with Crippen LogP contribution in [0.15, 0.2) is 42.6 Å². The SMILES string of the molecule is COc1ccc(-c2cccc3sc(N4CCOCC4)cc23)cn1. The number of hydrogen-bond acceptors (Lipinski definition) is 5. The van der Waals surface area contributed by atoms with Crippen molar-refractivity contribution in [3.63, 3.8) is 0 Å². The molecule has 4 nitrogen and oxygen atoms in total. The maximum atomic E-state index is 5.45. The van der Waals surface area contributed by atoms with E-state index in [9.17, 15) is 0 Å². The second kappa shape index (κ2) is 6.18. The Bertz CT molecular complexity index is 808. The lowest BCUT2D eigenvalue weighted by atomic mass is 10.0. The number of fused-ring (bicyclic) bond motifs is 1. The highest BCUT2D eigenvalue weighted by molar-refractivity contribution is 7.22. The molecule has 0 N–H and O–H groups in total. The number of pyridine rings is 1. The normalized spacial score (nSPS) is 15.1. The van der Waals surface area contributed by atoms with Crippen molar-refractivity contribution in [2.75, 3.05) is 38.3 Å². The lowest BCUT2D eigenvalue weighted by molar-refractivity contribution is 0.123. The van der Waals surface area contributed by atoms with Crippen LogP contribution >= 0.6 is 11.3 Å². The molecule has 0 unspecified atom stereocenters. The van der Waals surface area contributed by atoms with Crippen LogP contribution in [0.25, 0.3) is 21.2 Å². The molecule has 1 aliphatic heterocycles. The maximum Gasteiger partial charge on any atom is 0.212 e. The van der Waals surface area contributed by atoms with Crippen molar-refractivity contribution < 1.29 is 9.47 Å². The highest BCUT2D eigenvalue weighted by atomic mass is 32.1. The monoisotopic (exact) mass is 326 g/mol. The zero-order chi connectivity index (χ0) is 15.6. The highest BCUT2D eigenvalue weighted by Crippen LogP contribution is 2.38. The fraction of sp³-hybridized carbons (Fsp3) is 0.278. The standard InChI is InChI=1S/C18H18N2O2S/c1-21-17-6-5-13(12-19-17)14-3-2-4-16-15(14)11-18(23-16)20-7-9-22-10-8-20/h2-6,11-12H,7-10H2,1H3. The third-order valence-electron chi connectivity index (χ3n) is 4.13. The minimum Gasteiger partial charge on any atom is -0.481 e. The predicted molar refractivity (Wildman–Crippen MR) is 94.6 cm³/mol. The number of anilines is 1. The molecule has 0 atom stereocenters. The molecule has 0 amide bonds. The Kier molecular flexibility index (Phi) is 3.89. The lowest BCUT2D eigenvalue weighted by Gasteiger charge is -2.27. The summed E-state index contributed by atoms with van der Waals surface area (Å²) in [5.41, 5.74) is 2.33. The predicted octanol–water partition coefficient (Wildman–Crippen LogP) is 3.81. The average Bonchev–Trinajstić information content (AvgIpc) is 3.07. The average molecular weight is 326 g/mol. The van der Waals surface area contributed by atoms with Crippen LogP contribution in [0.1, 0.15) is 0 Å². The van der Waals surface area contributed by atoms with E-state index in [0.717, 1.165) is 31.9 Å². The summed E-state index contributed by atoms with van der Waals surface area (Å²) in [5, 5.41) is 2.60. The Labute approximate surface area is 139 Å². The quantitative estimate of drug-likeness (QED) is 0.733. The van der Waals surface area contributed by atoms with Gasteiger partial charge in [0.15, 0.2) is 0 Å². The van der Waals surface area contributed by atoms with Crippen LogP contribution in [0.4, 0.5) is 5.00 Å². The Morgan fingerprint density at radius 1 is 1.17 bits per heavy atom. The molecule has 3 heterocycles. The second-order valence-corrected chi connectivity index (χ2v) is 6.55. The van der Waals surface area contributed by atoms with E-state index in [1.807, 2.05) is 23.6 Å². The van der Waals surface area contributed by atoms with Crippen LogP contribution < -0.4 is 9.64 Å². The van der Waals surface area contributed by atoms with Crippen molar-refractivity contribution in [3.05, 3.63) is 42.6 Å². The largest absolute Gasteiger partial charge is 0.481 e. The van der Waals surface area contributed by atoms with Crippen molar-refractivity contribution in [2.24, 2.45) is 0 Å². The number of morpholine rings is 1. The molecule has 3 aromatic rings. The first-order valence-electron chi connectivity index (χ1n) is 7.71. The first kappa shape index (κ1) is 14.5. The van der Waals surface area contributed by atoms with Crippen LogP contribution in [0, 0.1) is 0 Å². The summed E-state index contributed by atoms with van der Waals surface area (Å²) >= 11 is 1.85. The summed E-state index contributed by atoms with van der Waals surface area (Å²) in [4.78, 5) is 6.74. The molecule has 23 heavy (non-hydrogen) atoms. The molecule has 118 valence electrons. The molecule has 4 rings (SSSR count). The van der Waals surface area contributed by atoms with E-state index in [4.69, 9.17) is 9.47 Å². The van der Waals surface area contributed by atoms with Crippen molar-refractivity contribution in [1.82, 2.24) is 4.98 Å². The molecule has 1 saturated heterocycles. The minimum absolute atomic E-state index is 0.639. The molecular formula is C18H18N2O2S. The van der Waals surface area contributed by atoms with Crippen molar-refractivity contribution in [2.45, 2.75) is 0 Å². The molecule has 5 heteroatoms. The van der Waals surface area contributed by atoms with Gasteiger partial charge in [-0.15, -0.1) is 11.3 Å². The topological polar surface area (TPSA) is 34.6 Å². The highest BCUT2D eigenvalue weighted by Gasteiger charge is 2.15. The van der Waals surface area contributed by atoms with E-state index in [1.165, 1.54) is 20.7 Å². The molecule has 0 aliphatic carbocycles. The van der Waals surface area contributed by atoms with Crippen LogP contribution in [0.2, 0.25) is 0 Å². The van der Waals surface area contributed by atoms with Crippen molar-refractivity contribution in [1.29, 1.82) is 0 Å². The Balaban J connectivity index is 1.75. The summed E-state index contributed by atoms with van der Waals surface area (Å²) in [6.45, 7) is 3.55. The molecule has 1 aliphatic rings. The first-order valence-corrected chi connectivity index (χ1v) is 8.52. The first-order chi connectivity index (χ1) is 11.3. The molecule has 1 fully saturated rings. The number of hydrogen-bond donors (Lipinski definition) is 0. The maximum absolute atomic E-state index is 5.45. The van der Waals surface area contributed by atoms with Gasteiger partial charge >= 0.3 is 0 Å². The Morgan fingerprint density at radius 3 is 2.78 bits per heavy atom. The zero-order valence-electron chi connectivity index (χ0n) is 13.0. The van der Waals surface area contributed by atoms with Gasteiger partial charge in [-0.25, -0.2) is 4.98 Å². The van der Waals surface area contributed by atoms with Crippen LogP contribution in [-0.4, -0.2) is 38.4 Å². The van der Waals surface area contributed by atoms with Gasteiger partial charge in [0.05, 0.1) is 25.3 Å². The molecule has 2 aromatic heterocycles. The molecule has 0 radical (unpaired) electrons. The molecule has 0 spiro atoms. The van der Waals surface area contributed by atoms with Gasteiger partial charge in [-0.2, -0.15) is 0 Å². The molecule has 0 bridgehead atoms. The van der Waals surface area contributed by atoms with E-state index in [1.54, 1.807) is 7.11 Å². The van der Waals surface area contributed by atoms with Gasteiger partial charge in [0.1, 0.15) is 0 Å². The van der Waals surface area contributed by atoms with Gasteiger partial charge in [0.25, 0.3) is 0 Å². The number of nitrogens with zero attached hydrogens (tertiary/aromatic N) is 2. The molecular weight excluding hydrogens is 308 g/mol. The van der Waals surface area contributed by atoms with Crippen molar-refractivity contribution in [3.8, 4) is 17.0 Å². The van der Waals surface area contributed by atoms with E-state index in [2.05, 4.69) is 40.2 Å². The molecule has 0 saturated carbocycles. The van der Waals surface area contributed by atoms with Crippen LogP contribution in [0.3, 0.4) is 0 Å². The third-order valence-corrected chi connectivity index (χ3v) is 5.29. The summed E-state index contributed by atoms with van der Waals surface area (Å²) in [6.07, 6.45) is 1.87. The van der Waals surface area contributed by atoms with Gasteiger partial charge in [-0.3, -0.25) is 0 Å². The van der Waals surface area contributed by atoms with Gasteiger partial charge < -0.3 is 14.4 Å². The third kappa shape index (κ3) is 2.78. The smallest absolute Gasteiger partial charge is 0.212 e. The van der Waals surface area contributed by atoms with Gasteiger partial charge in [-0.05, 0) is 23.8 Å². The van der Waals surface area contributed by atoms with Gasteiger partial charge in [0, 0.05) is 41.0 Å². The summed E-state index contributed by atoms with van der Waals surface area (Å²) < 4.78 is 11.9.